The van der Waals surface area contributed by atoms with Crippen LogP contribution in [0.1, 0.15) is 54.9 Å². The lowest BCUT2D eigenvalue weighted by Gasteiger charge is -2.36. The van der Waals surface area contributed by atoms with Crippen LogP contribution in [0.4, 0.5) is 0 Å². The van der Waals surface area contributed by atoms with E-state index in [1.165, 1.54) is 0 Å². The summed E-state index contributed by atoms with van der Waals surface area (Å²) in [4.78, 5) is 31.8. The van der Waals surface area contributed by atoms with Crippen LogP contribution in [0.25, 0.3) is 0 Å². The van der Waals surface area contributed by atoms with Crippen molar-refractivity contribution in [3.8, 4) is 0 Å². The van der Waals surface area contributed by atoms with Crippen LogP contribution in [0.3, 0.4) is 0 Å². The van der Waals surface area contributed by atoms with Crippen molar-refractivity contribution in [1.82, 2.24) is 19.6 Å². The van der Waals surface area contributed by atoms with E-state index in [1.54, 1.807) is 6.92 Å². The molecule has 29 heavy (non-hydrogen) atoms. The maximum absolute atomic E-state index is 11.7. The Morgan fingerprint density at radius 2 is 1.10 bits per heavy atom. The van der Waals surface area contributed by atoms with Crippen LogP contribution >= 0.6 is 0 Å². The second-order valence-electron chi connectivity index (χ2n) is 9.73. The first-order chi connectivity index (χ1) is 13.6. The molecule has 0 aromatic carbocycles. The van der Waals surface area contributed by atoms with Crippen molar-refractivity contribution in [3.05, 3.63) is 0 Å². The van der Waals surface area contributed by atoms with Crippen molar-refractivity contribution in [1.29, 1.82) is 0 Å². The summed E-state index contributed by atoms with van der Waals surface area (Å²) in [5.74, 6) is 2.11. The quantitative estimate of drug-likeness (QED) is 0.699. The number of amides is 2. The molecule has 6 heteroatoms. The molecule has 2 aliphatic rings. The first-order valence-corrected chi connectivity index (χ1v) is 11.6. The molecule has 0 aromatic rings. The zero-order chi connectivity index (χ0) is 22.0. The predicted octanol–water partition coefficient (Wildman–Crippen LogP) is 2.64. The van der Waals surface area contributed by atoms with Gasteiger partial charge in [0.25, 0.3) is 0 Å². The van der Waals surface area contributed by atoms with E-state index in [4.69, 9.17) is 0 Å². The Bertz CT molecular complexity index is 485. The molecule has 0 spiro atoms. The van der Waals surface area contributed by atoms with Gasteiger partial charge in [0.1, 0.15) is 0 Å². The lowest BCUT2D eigenvalue weighted by Crippen LogP contribution is -2.50. The molecule has 0 N–H and O–H groups in total. The Morgan fingerprint density at radius 3 is 1.52 bits per heavy atom. The zero-order valence-electron chi connectivity index (χ0n) is 20.1. The summed E-state index contributed by atoms with van der Waals surface area (Å²) in [6.07, 6.45) is 1.12. The van der Waals surface area contributed by atoms with Crippen molar-refractivity contribution in [2.24, 2.45) is 17.8 Å². The molecule has 2 amide bonds. The highest BCUT2D eigenvalue weighted by molar-refractivity contribution is 5.78. The molecule has 0 unspecified atom stereocenters. The van der Waals surface area contributed by atoms with E-state index in [9.17, 15) is 9.59 Å². The van der Waals surface area contributed by atoms with Gasteiger partial charge in [-0.3, -0.25) is 14.5 Å². The molecule has 0 bridgehead atoms. The van der Waals surface area contributed by atoms with Gasteiger partial charge in [-0.25, -0.2) is 0 Å². The van der Waals surface area contributed by atoms with Crippen LogP contribution in [-0.2, 0) is 9.59 Å². The average Bonchev–Trinajstić information content (AvgIpc) is 2.87. The maximum Gasteiger partial charge on any atom is 0.225 e. The largest absolute Gasteiger partial charge is 0.342 e. The van der Waals surface area contributed by atoms with E-state index < -0.39 is 0 Å². The second-order valence-corrected chi connectivity index (χ2v) is 9.73. The summed E-state index contributed by atoms with van der Waals surface area (Å²) < 4.78 is 0. The molecular weight excluding hydrogens is 364 g/mol. The fraction of sp³-hybridized carbons (Fsp3) is 0.913. The van der Waals surface area contributed by atoms with Crippen LogP contribution in [0.5, 0.6) is 0 Å². The number of nitrogens with zero attached hydrogens (tertiary/aromatic N) is 4. The first kappa shape index (κ1) is 25.9. The molecule has 0 saturated carbocycles. The van der Waals surface area contributed by atoms with Gasteiger partial charge in [-0.2, -0.15) is 0 Å². The minimum atomic E-state index is 0.140. The lowest BCUT2D eigenvalue weighted by molar-refractivity contribution is -0.136. The van der Waals surface area contributed by atoms with Crippen molar-refractivity contribution >= 4 is 11.8 Å². The minimum absolute atomic E-state index is 0.140. The third-order valence-corrected chi connectivity index (χ3v) is 5.46. The summed E-state index contributed by atoms with van der Waals surface area (Å²) in [5, 5.41) is 0. The first-order valence-electron chi connectivity index (χ1n) is 11.6. The standard InChI is InChI=1S/C12H24N2O.C11H22N2O/c1-10(2)9-13-5-7-14(8-6-13)12(15)11(3)4;1-10(2)9-12-5-4-6-13(8-7-12)11(3)14/h10-11H,5-9H2,1-4H3;10H,4-9H2,1-3H3. The average molecular weight is 411 g/mol. The van der Waals surface area contributed by atoms with Gasteiger partial charge in [0, 0.05) is 71.7 Å². The molecule has 2 saturated heterocycles. The number of carbonyl (C=O) groups excluding carboxylic acids is 2. The molecule has 0 radical (unpaired) electrons. The minimum Gasteiger partial charge on any atom is -0.342 e. The molecule has 6 nitrogen and oxygen atoms in total. The molecule has 2 rings (SSSR count). The van der Waals surface area contributed by atoms with Crippen LogP contribution in [0.15, 0.2) is 0 Å². The van der Waals surface area contributed by atoms with Gasteiger partial charge >= 0.3 is 0 Å². The van der Waals surface area contributed by atoms with Crippen molar-refractivity contribution < 1.29 is 9.59 Å². The Labute approximate surface area is 179 Å². The highest BCUT2D eigenvalue weighted by atomic mass is 16.2. The third-order valence-electron chi connectivity index (χ3n) is 5.46. The van der Waals surface area contributed by atoms with Crippen LogP contribution in [-0.4, -0.2) is 96.9 Å². The van der Waals surface area contributed by atoms with Crippen molar-refractivity contribution in [3.63, 3.8) is 0 Å². The Kier molecular flexibility index (Phi) is 11.8. The normalized spacial score (nSPS) is 19.4. The maximum atomic E-state index is 11.7. The molecule has 0 atom stereocenters. The number of rotatable bonds is 5. The highest BCUT2D eigenvalue weighted by Crippen LogP contribution is 2.09. The fourth-order valence-electron chi connectivity index (χ4n) is 4.02. The second kappa shape index (κ2) is 13.2. The van der Waals surface area contributed by atoms with Crippen molar-refractivity contribution in [2.75, 3.05) is 65.4 Å². The predicted molar refractivity (Wildman–Crippen MR) is 121 cm³/mol. The topological polar surface area (TPSA) is 47.1 Å². The zero-order valence-corrected chi connectivity index (χ0v) is 20.1. The fourth-order valence-corrected chi connectivity index (χ4v) is 4.02. The van der Waals surface area contributed by atoms with Gasteiger partial charge in [0.05, 0.1) is 0 Å². The van der Waals surface area contributed by atoms with Crippen LogP contribution in [0.2, 0.25) is 0 Å². The smallest absolute Gasteiger partial charge is 0.225 e. The molecule has 2 aliphatic heterocycles. The van der Waals surface area contributed by atoms with Gasteiger partial charge in [-0.05, 0) is 24.8 Å². The van der Waals surface area contributed by atoms with E-state index >= 15 is 0 Å². The molecule has 0 aromatic heterocycles. The van der Waals surface area contributed by atoms with Crippen molar-refractivity contribution in [2.45, 2.75) is 54.9 Å². The van der Waals surface area contributed by atoms with Gasteiger partial charge in [0.15, 0.2) is 0 Å². The van der Waals surface area contributed by atoms with E-state index in [0.29, 0.717) is 5.91 Å². The summed E-state index contributed by atoms with van der Waals surface area (Å²) in [6, 6.07) is 0. The van der Waals surface area contributed by atoms with E-state index in [-0.39, 0.29) is 11.8 Å². The SMILES string of the molecule is CC(=O)N1CCCN(CC(C)C)CC1.CC(C)CN1CCN(C(=O)C(C)C)CC1. The Hall–Kier alpha value is -1.14. The molecular formula is C23H46N4O2. The monoisotopic (exact) mass is 410 g/mol. The number of hydrogen-bond acceptors (Lipinski definition) is 4. The summed E-state index contributed by atoms with van der Waals surface area (Å²) in [7, 11) is 0. The highest BCUT2D eigenvalue weighted by Gasteiger charge is 2.22. The number of hydrogen-bond donors (Lipinski definition) is 0. The Balaban J connectivity index is 0.000000291. The number of piperazine rings is 1. The molecule has 2 heterocycles. The molecule has 0 aliphatic carbocycles. The third kappa shape index (κ3) is 10.4. The van der Waals surface area contributed by atoms with E-state index in [1.807, 2.05) is 23.6 Å². The lowest BCUT2D eigenvalue weighted by atomic mass is 10.1. The van der Waals surface area contributed by atoms with Gasteiger partial charge in [0.2, 0.25) is 11.8 Å². The van der Waals surface area contributed by atoms with E-state index in [0.717, 1.165) is 83.7 Å². The number of carbonyl (C=O) groups is 2. The van der Waals surface area contributed by atoms with Gasteiger partial charge in [-0.1, -0.05) is 41.5 Å². The van der Waals surface area contributed by atoms with Gasteiger partial charge < -0.3 is 14.7 Å². The van der Waals surface area contributed by atoms with Gasteiger partial charge in [-0.15, -0.1) is 0 Å². The van der Waals surface area contributed by atoms with Crippen LogP contribution in [0, 0.1) is 17.8 Å². The molecule has 170 valence electrons. The van der Waals surface area contributed by atoms with E-state index in [2.05, 4.69) is 37.5 Å². The van der Waals surface area contributed by atoms with Crippen LogP contribution < -0.4 is 0 Å². The summed E-state index contributed by atoms with van der Waals surface area (Å²) in [5.41, 5.74) is 0. The summed E-state index contributed by atoms with van der Waals surface area (Å²) in [6.45, 7) is 24.8. The Morgan fingerprint density at radius 1 is 0.655 bits per heavy atom. The summed E-state index contributed by atoms with van der Waals surface area (Å²) >= 11 is 0. The molecule has 2 fully saturated rings.